The molecule has 76 valence electrons. The molecule has 0 amide bonds. The SMILES string of the molecule is C[O][Zr]([CH2]CCN=C=O)([O]C)[O]C. The van der Waals surface area contributed by atoms with Crippen LogP contribution in [0.5, 0.6) is 0 Å². The maximum atomic E-state index is 9.77. The summed E-state index contributed by atoms with van der Waals surface area (Å²) in [5.74, 6) is 0. The molecule has 0 aliphatic carbocycles. The van der Waals surface area contributed by atoms with Crippen LogP contribution in [0.25, 0.3) is 0 Å². The predicted molar refractivity (Wildman–Crippen MR) is 43.4 cm³/mol. The average Bonchev–Trinajstić information content (AvgIpc) is 2.20. The van der Waals surface area contributed by atoms with E-state index < -0.39 is 21.6 Å². The summed E-state index contributed by atoms with van der Waals surface area (Å²) in [4.78, 5) is 13.2. The van der Waals surface area contributed by atoms with Crippen molar-refractivity contribution in [3.8, 4) is 0 Å². The van der Waals surface area contributed by atoms with Gasteiger partial charge in [-0.2, -0.15) is 0 Å². The quantitative estimate of drug-likeness (QED) is 0.392. The van der Waals surface area contributed by atoms with Crippen LogP contribution in [0.1, 0.15) is 6.42 Å². The number of aliphatic imine (C=N–C) groups is 1. The van der Waals surface area contributed by atoms with E-state index in [4.69, 9.17) is 8.44 Å². The molecular formula is C7H15NO4Zr. The molecule has 0 saturated heterocycles. The van der Waals surface area contributed by atoms with E-state index in [1.54, 1.807) is 21.3 Å². The molecule has 6 heteroatoms. The Balaban J connectivity index is 3.87. The van der Waals surface area contributed by atoms with Gasteiger partial charge >= 0.3 is 84.3 Å². The van der Waals surface area contributed by atoms with Gasteiger partial charge in [0.15, 0.2) is 0 Å². The van der Waals surface area contributed by atoms with Gasteiger partial charge in [-0.25, -0.2) is 0 Å². The first-order valence-corrected chi connectivity index (χ1v) is 8.68. The Morgan fingerprint density at radius 2 is 1.77 bits per heavy atom. The standard InChI is InChI=1S/C4H6NO.3CH3O.Zr/c1-2-3-5-4-6;3*1-2;/h1-3H2;3*1H3;/q;3*-1;+3. The number of isocyanates is 1. The van der Waals surface area contributed by atoms with Crippen molar-refractivity contribution in [1.82, 2.24) is 0 Å². The molecule has 0 saturated carbocycles. The molecular weight excluding hydrogens is 253 g/mol. The number of hydrogen-bond acceptors (Lipinski definition) is 5. The van der Waals surface area contributed by atoms with Gasteiger partial charge in [-0.15, -0.1) is 0 Å². The summed E-state index contributed by atoms with van der Waals surface area (Å²) in [6.45, 7) is 0.457. The summed E-state index contributed by atoms with van der Waals surface area (Å²) in [5, 5.41) is 0. The predicted octanol–water partition coefficient (Wildman–Crippen LogP) is 0.969. The second kappa shape index (κ2) is 7.54. The second-order valence-electron chi connectivity index (χ2n) is 2.37. The molecule has 0 unspecified atom stereocenters. The summed E-state index contributed by atoms with van der Waals surface area (Å²) in [6.07, 6.45) is 2.22. The third-order valence-corrected chi connectivity index (χ3v) is 8.71. The Labute approximate surface area is 84.3 Å². The zero-order chi connectivity index (χ0) is 10.2. The van der Waals surface area contributed by atoms with Gasteiger partial charge in [0.1, 0.15) is 0 Å². The molecule has 0 aliphatic heterocycles. The van der Waals surface area contributed by atoms with Crippen LogP contribution in [-0.4, -0.2) is 34.0 Å². The average molecular weight is 268 g/mol. The van der Waals surface area contributed by atoms with Crippen LogP contribution in [0.3, 0.4) is 0 Å². The van der Waals surface area contributed by atoms with E-state index >= 15 is 0 Å². The monoisotopic (exact) mass is 267 g/mol. The van der Waals surface area contributed by atoms with E-state index in [1.807, 2.05) is 0 Å². The van der Waals surface area contributed by atoms with Gasteiger partial charge in [0.05, 0.1) is 0 Å². The van der Waals surface area contributed by atoms with Crippen LogP contribution in [0.4, 0.5) is 0 Å². The van der Waals surface area contributed by atoms with Crippen molar-refractivity contribution in [2.45, 2.75) is 10.5 Å². The van der Waals surface area contributed by atoms with Gasteiger partial charge in [0.2, 0.25) is 0 Å². The van der Waals surface area contributed by atoms with Gasteiger partial charge in [0.25, 0.3) is 0 Å². The van der Waals surface area contributed by atoms with Crippen LogP contribution < -0.4 is 0 Å². The van der Waals surface area contributed by atoms with Crippen molar-refractivity contribution in [3.63, 3.8) is 0 Å². The summed E-state index contributed by atoms with van der Waals surface area (Å²) >= 11 is -3.20. The number of hydrogen-bond donors (Lipinski definition) is 0. The first kappa shape index (κ1) is 13.1. The van der Waals surface area contributed by atoms with Crippen LogP contribution in [0.15, 0.2) is 4.99 Å². The minimum atomic E-state index is -3.20. The summed E-state index contributed by atoms with van der Waals surface area (Å²) in [5.41, 5.74) is 0. The third kappa shape index (κ3) is 4.79. The van der Waals surface area contributed by atoms with Crippen LogP contribution in [-0.2, 0) is 34.8 Å². The molecule has 0 bridgehead atoms. The second-order valence-corrected chi connectivity index (χ2v) is 9.97. The Hall–Kier alpha value is 0.143. The zero-order valence-electron chi connectivity index (χ0n) is 8.20. The van der Waals surface area contributed by atoms with Crippen molar-refractivity contribution in [3.05, 3.63) is 0 Å². The molecule has 0 aromatic rings. The molecule has 0 rings (SSSR count). The minimum absolute atomic E-state index is 0.457. The fourth-order valence-electron chi connectivity index (χ4n) is 0.976. The molecule has 0 spiro atoms. The fourth-order valence-corrected chi connectivity index (χ4v) is 5.16. The Bertz CT molecular complexity index is 169. The summed E-state index contributed by atoms with van der Waals surface area (Å²) in [7, 11) is 4.77. The van der Waals surface area contributed by atoms with E-state index in [-0.39, 0.29) is 0 Å². The van der Waals surface area contributed by atoms with Crippen LogP contribution in [0, 0.1) is 0 Å². The van der Waals surface area contributed by atoms with E-state index in [1.165, 1.54) is 6.08 Å². The molecule has 5 nitrogen and oxygen atoms in total. The van der Waals surface area contributed by atoms with Crippen molar-refractivity contribution in [2.75, 3.05) is 27.9 Å². The van der Waals surface area contributed by atoms with Gasteiger partial charge in [-0.1, -0.05) is 0 Å². The third-order valence-electron chi connectivity index (χ3n) is 1.75. The fraction of sp³-hybridized carbons (Fsp3) is 0.857. The molecule has 0 fully saturated rings. The molecule has 0 radical (unpaired) electrons. The van der Waals surface area contributed by atoms with Crippen LogP contribution >= 0.6 is 0 Å². The van der Waals surface area contributed by atoms with Crippen molar-refractivity contribution in [2.24, 2.45) is 4.99 Å². The zero-order valence-corrected chi connectivity index (χ0v) is 10.7. The van der Waals surface area contributed by atoms with Gasteiger partial charge in [-0.05, 0) is 0 Å². The molecule has 0 N–H and O–H groups in total. The van der Waals surface area contributed by atoms with Crippen molar-refractivity contribution >= 4 is 6.08 Å². The number of carbonyl (C=O) groups excluding carboxylic acids is 1. The van der Waals surface area contributed by atoms with Crippen LogP contribution in [0.2, 0.25) is 4.13 Å². The molecule has 0 aromatic heterocycles. The van der Waals surface area contributed by atoms with E-state index in [0.717, 1.165) is 10.5 Å². The van der Waals surface area contributed by atoms with Crippen molar-refractivity contribution < 1.29 is 34.8 Å². The van der Waals surface area contributed by atoms with Gasteiger partial charge in [-0.3, -0.25) is 0 Å². The Kier molecular flexibility index (Phi) is 7.62. The molecule has 0 atom stereocenters. The normalized spacial score (nSPS) is 11.0. The number of nitrogens with zero attached hydrogens (tertiary/aromatic N) is 1. The topological polar surface area (TPSA) is 57.1 Å². The van der Waals surface area contributed by atoms with Gasteiger partial charge < -0.3 is 0 Å². The summed E-state index contributed by atoms with van der Waals surface area (Å²) in [6, 6.07) is 0. The molecule has 13 heavy (non-hydrogen) atoms. The maximum absolute atomic E-state index is 9.77. The van der Waals surface area contributed by atoms with Gasteiger partial charge in [0, 0.05) is 0 Å². The molecule has 0 heterocycles. The number of rotatable bonds is 7. The molecule has 0 aromatic carbocycles. The Morgan fingerprint density at radius 3 is 2.15 bits per heavy atom. The van der Waals surface area contributed by atoms with E-state index in [2.05, 4.69) is 4.99 Å². The van der Waals surface area contributed by atoms with E-state index in [0.29, 0.717) is 6.54 Å². The summed E-state index contributed by atoms with van der Waals surface area (Å²) < 4.78 is 16.5. The van der Waals surface area contributed by atoms with E-state index in [9.17, 15) is 4.79 Å². The van der Waals surface area contributed by atoms with Crippen molar-refractivity contribution in [1.29, 1.82) is 0 Å². The Morgan fingerprint density at radius 1 is 1.23 bits per heavy atom. The first-order chi connectivity index (χ1) is 6.24. The first-order valence-electron chi connectivity index (χ1n) is 3.93. The molecule has 0 aliphatic rings.